The second-order valence-corrected chi connectivity index (χ2v) is 7.16. The van der Waals surface area contributed by atoms with Gasteiger partial charge in [0.15, 0.2) is 6.29 Å². The Balaban J connectivity index is 2.15. The molecule has 2 heterocycles. The van der Waals surface area contributed by atoms with E-state index >= 15 is 0 Å². The van der Waals surface area contributed by atoms with Crippen LogP contribution in [0.3, 0.4) is 0 Å². The topological polar surface area (TPSA) is 179 Å². The van der Waals surface area contributed by atoms with Gasteiger partial charge in [-0.25, -0.2) is 0 Å². The SMILES string of the molecule is CCCCCOC[C@@]1(O[C@H]2O[C@H](CO)[C@@H](O)[C@H](O)[C@H]2O)O[C@H](CO)[C@@H](O)[C@@H]1O. The fraction of sp³-hybridized carbons (Fsp3) is 1.00. The summed E-state index contributed by atoms with van der Waals surface area (Å²) in [5.74, 6) is -1.99. The minimum atomic E-state index is -1.99. The summed E-state index contributed by atoms with van der Waals surface area (Å²) >= 11 is 0. The summed E-state index contributed by atoms with van der Waals surface area (Å²) in [5.41, 5.74) is 0. The van der Waals surface area contributed by atoms with Crippen molar-refractivity contribution in [3.8, 4) is 0 Å². The van der Waals surface area contributed by atoms with E-state index in [1.54, 1.807) is 0 Å². The summed E-state index contributed by atoms with van der Waals surface area (Å²) in [6.07, 6.45) is -9.48. The summed E-state index contributed by atoms with van der Waals surface area (Å²) in [4.78, 5) is 0. The van der Waals surface area contributed by atoms with E-state index in [9.17, 15) is 35.7 Å². The van der Waals surface area contributed by atoms with Crippen LogP contribution in [-0.4, -0.2) is 117 Å². The van der Waals surface area contributed by atoms with Crippen LogP contribution in [-0.2, 0) is 18.9 Å². The van der Waals surface area contributed by atoms with Gasteiger partial charge in [0.05, 0.1) is 13.2 Å². The first-order valence-corrected chi connectivity index (χ1v) is 9.52. The average molecular weight is 412 g/mol. The van der Waals surface area contributed by atoms with Crippen molar-refractivity contribution < 1.29 is 54.7 Å². The van der Waals surface area contributed by atoms with E-state index in [1.165, 1.54) is 0 Å². The first-order chi connectivity index (χ1) is 13.3. The third-order valence-electron chi connectivity index (χ3n) is 5.05. The van der Waals surface area contributed by atoms with Gasteiger partial charge in [0, 0.05) is 6.61 Å². The molecule has 2 aliphatic rings. The number of aliphatic hydroxyl groups is 7. The standard InChI is InChI=1S/C17H32O11/c1-2-3-4-5-25-8-17(15(24)12(21)10(7-19)27-17)28-16-14(23)13(22)11(20)9(6-18)26-16/h9-16,18-24H,2-8H2,1H3/t9-,10-,11-,12-,13+,14-,15+,16-,17+/m1/s1. The number of unbranched alkanes of at least 4 members (excludes halogenated alkanes) is 2. The van der Waals surface area contributed by atoms with E-state index in [1.807, 2.05) is 6.92 Å². The van der Waals surface area contributed by atoms with Gasteiger partial charge >= 0.3 is 0 Å². The molecule has 28 heavy (non-hydrogen) atoms. The van der Waals surface area contributed by atoms with Crippen LogP contribution < -0.4 is 0 Å². The lowest BCUT2D eigenvalue weighted by Crippen LogP contribution is -2.62. The Hall–Kier alpha value is -0.440. The molecule has 11 heteroatoms. The Morgan fingerprint density at radius 1 is 0.857 bits per heavy atom. The van der Waals surface area contributed by atoms with Gasteiger partial charge in [-0.3, -0.25) is 0 Å². The van der Waals surface area contributed by atoms with Gasteiger partial charge < -0.3 is 54.7 Å². The molecule has 0 aromatic rings. The summed E-state index contributed by atoms with van der Waals surface area (Å²) in [6.45, 7) is 0.740. The van der Waals surface area contributed by atoms with E-state index in [0.717, 1.165) is 19.3 Å². The zero-order chi connectivity index (χ0) is 20.9. The van der Waals surface area contributed by atoms with Gasteiger partial charge in [0.25, 0.3) is 0 Å². The molecule has 0 amide bonds. The smallest absolute Gasteiger partial charge is 0.224 e. The van der Waals surface area contributed by atoms with Gasteiger partial charge in [-0.2, -0.15) is 0 Å². The molecule has 0 aromatic heterocycles. The van der Waals surface area contributed by atoms with E-state index in [0.29, 0.717) is 6.61 Å². The minimum absolute atomic E-state index is 0.323. The average Bonchev–Trinajstić information content (AvgIpc) is 2.93. The highest BCUT2D eigenvalue weighted by atomic mass is 16.8. The number of rotatable bonds is 10. The number of hydrogen-bond acceptors (Lipinski definition) is 11. The molecule has 11 nitrogen and oxygen atoms in total. The van der Waals surface area contributed by atoms with Gasteiger partial charge in [-0.15, -0.1) is 0 Å². The van der Waals surface area contributed by atoms with Crippen molar-refractivity contribution in [2.75, 3.05) is 26.4 Å². The van der Waals surface area contributed by atoms with Gasteiger partial charge in [-0.1, -0.05) is 19.8 Å². The first-order valence-electron chi connectivity index (χ1n) is 9.52. The van der Waals surface area contributed by atoms with Crippen LogP contribution in [0.1, 0.15) is 26.2 Å². The maximum atomic E-state index is 10.5. The predicted octanol–water partition coefficient (Wildman–Crippen LogP) is -3.18. The Morgan fingerprint density at radius 3 is 2.11 bits per heavy atom. The molecular weight excluding hydrogens is 380 g/mol. The molecule has 0 unspecified atom stereocenters. The Labute approximate surface area is 163 Å². The third kappa shape index (κ3) is 4.99. The summed E-state index contributed by atoms with van der Waals surface area (Å²) in [6, 6.07) is 0. The monoisotopic (exact) mass is 412 g/mol. The van der Waals surface area contributed by atoms with E-state index in [4.69, 9.17) is 18.9 Å². The van der Waals surface area contributed by atoms with Crippen LogP contribution in [0.25, 0.3) is 0 Å². The van der Waals surface area contributed by atoms with E-state index < -0.39 is 68.0 Å². The van der Waals surface area contributed by atoms with Crippen LogP contribution in [0.2, 0.25) is 0 Å². The molecule has 0 radical (unpaired) electrons. The maximum absolute atomic E-state index is 10.5. The molecule has 0 spiro atoms. The molecule has 0 aliphatic carbocycles. The Kier molecular flexibility index (Phi) is 8.98. The van der Waals surface area contributed by atoms with Crippen LogP contribution >= 0.6 is 0 Å². The molecule has 9 atom stereocenters. The maximum Gasteiger partial charge on any atom is 0.224 e. The van der Waals surface area contributed by atoms with Crippen molar-refractivity contribution in [1.82, 2.24) is 0 Å². The highest BCUT2D eigenvalue weighted by molar-refractivity contribution is 4.98. The molecule has 0 saturated carbocycles. The minimum Gasteiger partial charge on any atom is -0.394 e. The number of ether oxygens (including phenoxy) is 4. The molecule has 2 saturated heterocycles. The first kappa shape index (κ1) is 23.8. The molecule has 0 aromatic carbocycles. The van der Waals surface area contributed by atoms with Gasteiger partial charge in [0.2, 0.25) is 5.79 Å². The third-order valence-corrected chi connectivity index (χ3v) is 5.05. The van der Waals surface area contributed by atoms with Crippen LogP contribution in [0, 0.1) is 0 Å². The second kappa shape index (κ2) is 10.5. The van der Waals surface area contributed by atoms with E-state index in [-0.39, 0.29) is 6.61 Å². The molecule has 0 bridgehead atoms. The Morgan fingerprint density at radius 2 is 1.54 bits per heavy atom. The predicted molar refractivity (Wildman–Crippen MR) is 91.9 cm³/mol. The fourth-order valence-corrected chi connectivity index (χ4v) is 3.29. The van der Waals surface area contributed by atoms with Crippen LogP contribution in [0.15, 0.2) is 0 Å². The molecule has 2 rings (SSSR count). The van der Waals surface area contributed by atoms with Crippen LogP contribution in [0.5, 0.6) is 0 Å². The van der Waals surface area contributed by atoms with Crippen molar-refractivity contribution >= 4 is 0 Å². The molecule has 2 fully saturated rings. The second-order valence-electron chi connectivity index (χ2n) is 7.16. The number of hydrogen-bond donors (Lipinski definition) is 7. The highest BCUT2D eigenvalue weighted by Gasteiger charge is 2.58. The van der Waals surface area contributed by atoms with Crippen molar-refractivity contribution in [1.29, 1.82) is 0 Å². The van der Waals surface area contributed by atoms with Crippen LogP contribution in [0.4, 0.5) is 0 Å². The lowest BCUT2D eigenvalue weighted by molar-refractivity contribution is -0.385. The van der Waals surface area contributed by atoms with Crippen molar-refractivity contribution in [3.63, 3.8) is 0 Å². The lowest BCUT2D eigenvalue weighted by atomic mass is 9.99. The van der Waals surface area contributed by atoms with Crippen molar-refractivity contribution in [2.24, 2.45) is 0 Å². The normalized spacial score (nSPS) is 44.1. The Bertz CT molecular complexity index is 464. The molecule has 2 aliphatic heterocycles. The molecule has 7 N–H and O–H groups in total. The van der Waals surface area contributed by atoms with Gasteiger partial charge in [0.1, 0.15) is 49.3 Å². The summed E-state index contributed by atoms with van der Waals surface area (Å²) in [7, 11) is 0. The van der Waals surface area contributed by atoms with Crippen molar-refractivity contribution in [2.45, 2.75) is 81.0 Å². The summed E-state index contributed by atoms with van der Waals surface area (Å²) < 4.78 is 21.9. The van der Waals surface area contributed by atoms with Crippen molar-refractivity contribution in [3.05, 3.63) is 0 Å². The highest BCUT2D eigenvalue weighted by Crippen LogP contribution is 2.36. The van der Waals surface area contributed by atoms with E-state index in [2.05, 4.69) is 0 Å². The van der Waals surface area contributed by atoms with Gasteiger partial charge in [-0.05, 0) is 6.42 Å². The fourth-order valence-electron chi connectivity index (χ4n) is 3.29. The largest absolute Gasteiger partial charge is 0.394 e. The molecular formula is C17H32O11. The zero-order valence-electron chi connectivity index (χ0n) is 15.8. The molecule has 166 valence electrons. The lowest BCUT2D eigenvalue weighted by Gasteiger charge is -2.43. The zero-order valence-corrected chi connectivity index (χ0v) is 15.8. The summed E-state index contributed by atoms with van der Waals surface area (Å²) in [5, 5.41) is 69.2. The quantitative estimate of drug-likeness (QED) is 0.180. The number of aliphatic hydroxyl groups excluding tert-OH is 7.